The minimum Gasteiger partial charge on any atom is -0.490 e. The number of methoxy groups -OCH3 is 1. The van der Waals surface area contributed by atoms with E-state index in [0.717, 1.165) is 99.4 Å². The monoisotopic (exact) mass is 819 g/mol. The van der Waals surface area contributed by atoms with Gasteiger partial charge in [-0.15, -0.1) is 0 Å². The van der Waals surface area contributed by atoms with Gasteiger partial charge in [-0.25, -0.2) is 18.1 Å². The molecule has 13 heteroatoms. The van der Waals surface area contributed by atoms with Gasteiger partial charge in [0.05, 0.1) is 29.8 Å². The number of anilines is 1. The molecule has 6 atom stereocenters. The van der Waals surface area contributed by atoms with E-state index in [9.17, 15) is 13.2 Å². The second-order valence-corrected chi connectivity index (χ2v) is 20.0. The average molecular weight is 820 g/mol. The number of rotatable bonds is 5. The molecule has 57 heavy (non-hydrogen) atoms. The lowest BCUT2D eigenvalue weighted by atomic mass is 9.63. The number of oxazole rings is 1. The zero-order valence-electron chi connectivity index (χ0n) is 34.1. The highest BCUT2D eigenvalue weighted by Crippen LogP contribution is 2.49. The fourth-order valence-corrected chi connectivity index (χ4v) is 11.5. The molecular formula is C44H58ClN5O6S. The van der Waals surface area contributed by atoms with Crippen LogP contribution >= 0.6 is 11.6 Å². The summed E-state index contributed by atoms with van der Waals surface area (Å²) in [6.07, 6.45) is 9.96. The summed E-state index contributed by atoms with van der Waals surface area (Å²) >= 11 is 6.52. The third-order valence-corrected chi connectivity index (χ3v) is 16.1. The maximum absolute atomic E-state index is 13.7. The molecule has 308 valence electrons. The van der Waals surface area contributed by atoms with Crippen molar-refractivity contribution in [2.24, 2.45) is 17.8 Å². The molecule has 1 spiro atoms. The number of benzene rings is 2. The van der Waals surface area contributed by atoms with Crippen molar-refractivity contribution in [1.29, 1.82) is 0 Å². The first kappa shape index (κ1) is 40.4. The summed E-state index contributed by atoms with van der Waals surface area (Å²) in [4.78, 5) is 25.7. The standard InChI is InChI=1S/C44H58ClN5O6S/c1-29-8-6-17-44(54-5,27-49-20-18-48(19-21-49)25-41-46-30(2)31(3)56-41)38-13-10-35(38)24-50-26-43(16-7-9-33-22-36(45)12-14-37(33)43)28-55-40-15-11-34(23-39(40)50)42(51)47-57(52,53)32(29)4/h6,11-12,14-15,17,22-23,29,32,35,38H,7-10,13,16,18-21,24-28H2,1-5H3,(H,47,51)/b17-6+/t29-,32+,35-,38+,43-,44+/m0/s1. The minimum absolute atomic E-state index is 0.229. The van der Waals surface area contributed by atoms with Crippen molar-refractivity contribution in [2.75, 3.05) is 64.4 Å². The molecule has 2 aliphatic carbocycles. The van der Waals surface area contributed by atoms with Crippen molar-refractivity contribution in [1.82, 2.24) is 19.5 Å². The predicted octanol–water partition coefficient (Wildman–Crippen LogP) is 6.69. The van der Waals surface area contributed by atoms with E-state index in [1.807, 2.05) is 46.1 Å². The molecular weight excluding hydrogens is 762 g/mol. The molecule has 8 rings (SSSR count). The minimum atomic E-state index is -3.98. The maximum atomic E-state index is 13.7. The number of nitrogens with one attached hydrogen (secondary N) is 1. The Balaban J connectivity index is 1.13. The van der Waals surface area contributed by atoms with E-state index in [1.165, 1.54) is 11.1 Å². The molecule has 1 saturated heterocycles. The van der Waals surface area contributed by atoms with Crippen molar-refractivity contribution in [3.63, 3.8) is 0 Å². The Morgan fingerprint density at radius 2 is 1.84 bits per heavy atom. The molecule has 3 aromatic rings. The first-order valence-corrected chi connectivity index (χ1v) is 22.7. The summed E-state index contributed by atoms with van der Waals surface area (Å²) in [6.45, 7) is 14.6. The van der Waals surface area contributed by atoms with E-state index in [0.29, 0.717) is 43.3 Å². The molecule has 0 radical (unpaired) electrons. The topological polar surface area (TPSA) is 117 Å². The number of piperazine rings is 1. The number of hydrogen-bond donors (Lipinski definition) is 1. The molecule has 0 unspecified atom stereocenters. The van der Waals surface area contributed by atoms with Crippen molar-refractivity contribution >= 4 is 33.2 Å². The van der Waals surface area contributed by atoms with Crippen LogP contribution in [0, 0.1) is 31.6 Å². The smallest absolute Gasteiger partial charge is 0.264 e. The molecule has 2 bridgehead atoms. The molecule has 1 saturated carbocycles. The Bertz CT molecular complexity index is 2100. The quantitative estimate of drug-likeness (QED) is 0.279. The number of carbonyl (C=O) groups is 1. The van der Waals surface area contributed by atoms with Gasteiger partial charge < -0.3 is 18.8 Å². The zero-order chi connectivity index (χ0) is 40.1. The molecule has 5 aliphatic rings. The molecule has 1 N–H and O–H groups in total. The second-order valence-electron chi connectivity index (χ2n) is 17.5. The SMILES string of the molecule is CO[C@@]1(CN2CCN(Cc3nc(C)c(C)o3)CC2)/C=C/C[C@H](C)[C@@H](C)S(=O)(=O)NC(=O)c2ccc3c(c2)N(C[C@@H]2CC[C@H]21)C[C@@]1(CCCc2cc(Cl)ccc21)CO3. The number of ether oxygens (including phenoxy) is 2. The zero-order valence-corrected chi connectivity index (χ0v) is 35.6. The van der Waals surface area contributed by atoms with Gasteiger partial charge in [-0.2, -0.15) is 0 Å². The highest BCUT2D eigenvalue weighted by molar-refractivity contribution is 7.90. The first-order valence-electron chi connectivity index (χ1n) is 20.8. The van der Waals surface area contributed by atoms with Gasteiger partial charge in [-0.05, 0) is 119 Å². The maximum Gasteiger partial charge on any atom is 0.264 e. The summed E-state index contributed by atoms with van der Waals surface area (Å²) in [6, 6.07) is 11.6. The van der Waals surface area contributed by atoms with Crippen LogP contribution in [0.4, 0.5) is 5.69 Å². The highest BCUT2D eigenvalue weighted by atomic mass is 35.5. The van der Waals surface area contributed by atoms with Crippen LogP contribution in [0.25, 0.3) is 0 Å². The van der Waals surface area contributed by atoms with Gasteiger partial charge in [0.25, 0.3) is 5.91 Å². The van der Waals surface area contributed by atoms with Gasteiger partial charge in [-0.3, -0.25) is 14.6 Å². The van der Waals surface area contributed by atoms with E-state index in [-0.39, 0.29) is 17.3 Å². The number of sulfonamides is 1. The number of aryl methyl sites for hydroxylation is 3. The number of carbonyl (C=O) groups excluding carboxylic acids is 1. The van der Waals surface area contributed by atoms with Crippen LogP contribution in [-0.4, -0.2) is 99.5 Å². The summed E-state index contributed by atoms with van der Waals surface area (Å²) in [5, 5.41) is -0.0533. The summed E-state index contributed by atoms with van der Waals surface area (Å²) in [7, 11) is -2.13. The number of allylic oxidation sites excluding steroid dienone is 1. The van der Waals surface area contributed by atoms with Gasteiger partial charge >= 0.3 is 0 Å². The third kappa shape index (κ3) is 8.01. The van der Waals surface area contributed by atoms with Crippen molar-refractivity contribution < 1.29 is 27.1 Å². The Morgan fingerprint density at radius 3 is 2.56 bits per heavy atom. The van der Waals surface area contributed by atoms with Crippen molar-refractivity contribution in [3.8, 4) is 5.75 Å². The summed E-state index contributed by atoms with van der Waals surface area (Å²) < 4.78 is 49.1. The number of aromatic nitrogens is 1. The second kappa shape index (κ2) is 16.0. The van der Waals surface area contributed by atoms with Crippen LogP contribution in [0.3, 0.4) is 0 Å². The third-order valence-electron chi connectivity index (χ3n) is 14.0. The molecule has 11 nitrogen and oxygen atoms in total. The molecule has 3 aliphatic heterocycles. The van der Waals surface area contributed by atoms with Crippen molar-refractivity contribution in [3.05, 3.63) is 87.6 Å². The number of fused-ring (bicyclic) bond motifs is 4. The lowest BCUT2D eigenvalue weighted by Crippen LogP contribution is -2.59. The normalized spacial score (nSPS) is 31.3. The molecule has 1 aromatic heterocycles. The highest BCUT2D eigenvalue weighted by Gasteiger charge is 2.50. The average Bonchev–Trinajstić information content (AvgIpc) is 3.40. The Labute approximate surface area is 343 Å². The van der Waals surface area contributed by atoms with Gasteiger partial charge in [0.2, 0.25) is 15.9 Å². The van der Waals surface area contributed by atoms with Crippen LogP contribution < -0.4 is 14.4 Å². The van der Waals surface area contributed by atoms with E-state index in [2.05, 4.69) is 48.7 Å². The first-order chi connectivity index (χ1) is 27.3. The van der Waals surface area contributed by atoms with E-state index >= 15 is 0 Å². The number of hydrogen-bond acceptors (Lipinski definition) is 10. The van der Waals surface area contributed by atoms with Gasteiger partial charge in [0.1, 0.15) is 17.1 Å². The van der Waals surface area contributed by atoms with Crippen molar-refractivity contribution in [2.45, 2.75) is 89.0 Å². The molecule has 2 fully saturated rings. The molecule has 2 aromatic carbocycles. The van der Waals surface area contributed by atoms with Crippen LogP contribution in [-0.2, 0) is 33.1 Å². The summed E-state index contributed by atoms with van der Waals surface area (Å²) in [5.74, 6) is 2.03. The van der Waals surface area contributed by atoms with Crippen LogP contribution in [0.5, 0.6) is 5.75 Å². The largest absolute Gasteiger partial charge is 0.490 e. The number of nitrogens with zero attached hydrogens (tertiary/aromatic N) is 4. The molecule has 4 heterocycles. The Morgan fingerprint density at radius 1 is 1.05 bits per heavy atom. The summed E-state index contributed by atoms with van der Waals surface area (Å²) in [5.41, 5.74) is 3.75. The van der Waals surface area contributed by atoms with E-state index in [1.54, 1.807) is 13.0 Å². The van der Waals surface area contributed by atoms with Crippen LogP contribution in [0.15, 0.2) is 53.0 Å². The van der Waals surface area contributed by atoms with Crippen LogP contribution in [0.1, 0.15) is 84.8 Å². The Kier molecular flexibility index (Phi) is 11.3. The predicted molar refractivity (Wildman–Crippen MR) is 223 cm³/mol. The van der Waals surface area contributed by atoms with E-state index in [4.69, 9.17) is 25.5 Å². The van der Waals surface area contributed by atoms with E-state index < -0.39 is 26.8 Å². The fourth-order valence-electron chi connectivity index (χ4n) is 10.1. The lowest BCUT2D eigenvalue weighted by Gasteiger charge is -2.52. The number of halogens is 1. The van der Waals surface area contributed by atoms with Crippen LogP contribution in [0.2, 0.25) is 5.02 Å². The number of amides is 1. The molecule has 1 amide bonds. The lowest BCUT2D eigenvalue weighted by molar-refractivity contribution is -0.0958. The fraction of sp³-hybridized carbons (Fsp3) is 0.591. The Hall–Kier alpha value is -3.42. The van der Waals surface area contributed by atoms with Gasteiger partial charge in [0, 0.05) is 68.9 Å². The van der Waals surface area contributed by atoms with Gasteiger partial charge in [-0.1, -0.05) is 36.7 Å². The van der Waals surface area contributed by atoms with Gasteiger partial charge in [0.15, 0.2) is 0 Å².